The van der Waals surface area contributed by atoms with E-state index in [2.05, 4.69) is 14.9 Å². The molecule has 2 amide bonds. The molecule has 1 aromatic heterocycles. The maximum atomic E-state index is 13.1. The lowest BCUT2D eigenvalue weighted by Gasteiger charge is -2.36. The molecule has 0 aliphatic carbocycles. The van der Waals surface area contributed by atoms with Gasteiger partial charge in [-0.3, -0.25) is 14.5 Å². The fraction of sp³-hybridized carbons (Fsp3) is 0.636. The standard InChI is InChI=1S/C22H32ClN5O4S2/c23-20-6-5-18(33-20)7-14-34(31,32)25-19-4-2-10-27(22(19)30)16-21(29)28-11-1-3-17(28)15-26-12-8-24-9-13-26/h5-7,14,17,19,24-25H,1-4,8-13,15-16H2/b14-7+/t17-,19-/m0/s1. The van der Waals surface area contributed by atoms with E-state index in [1.807, 2.05) is 4.90 Å². The summed E-state index contributed by atoms with van der Waals surface area (Å²) in [6, 6.07) is 2.74. The van der Waals surface area contributed by atoms with Crippen LogP contribution in [0.4, 0.5) is 0 Å². The number of thiophene rings is 1. The number of halogens is 1. The molecule has 0 bridgehead atoms. The lowest BCUT2D eigenvalue weighted by molar-refractivity contribution is -0.143. The maximum absolute atomic E-state index is 13.1. The Labute approximate surface area is 210 Å². The van der Waals surface area contributed by atoms with Crippen LogP contribution in [0.5, 0.6) is 0 Å². The van der Waals surface area contributed by atoms with Crippen molar-refractivity contribution in [2.24, 2.45) is 0 Å². The normalized spacial score (nSPS) is 24.9. The molecule has 188 valence electrons. The summed E-state index contributed by atoms with van der Waals surface area (Å²) in [6.45, 7) is 5.95. The molecule has 3 saturated heterocycles. The molecule has 0 saturated carbocycles. The summed E-state index contributed by atoms with van der Waals surface area (Å²) in [6.07, 6.45) is 4.46. The van der Waals surface area contributed by atoms with Crippen LogP contribution in [0.15, 0.2) is 17.5 Å². The number of sulfonamides is 1. The van der Waals surface area contributed by atoms with E-state index in [1.54, 1.807) is 12.1 Å². The Bertz CT molecular complexity index is 1010. The number of piperazine rings is 1. The number of piperidine rings is 1. The van der Waals surface area contributed by atoms with Gasteiger partial charge in [-0.25, -0.2) is 8.42 Å². The molecule has 0 unspecified atom stereocenters. The highest BCUT2D eigenvalue weighted by Gasteiger charge is 2.35. The zero-order valence-corrected chi connectivity index (χ0v) is 21.5. The third-order valence-electron chi connectivity index (χ3n) is 6.54. The Balaban J connectivity index is 1.32. The lowest BCUT2D eigenvalue weighted by atomic mass is 10.1. The first-order chi connectivity index (χ1) is 16.3. The number of hydrogen-bond donors (Lipinski definition) is 2. The molecule has 34 heavy (non-hydrogen) atoms. The molecule has 3 aliphatic rings. The molecule has 3 aliphatic heterocycles. The second-order valence-corrected chi connectivity index (χ2v) is 12.3. The summed E-state index contributed by atoms with van der Waals surface area (Å²) in [5.41, 5.74) is 0. The topological polar surface area (TPSA) is 102 Å². The van der Waals surface area contributed by atoms with E-state index in [4.69, 9.17) is 11.6 Å². The Kier molecular flexibility index (Phi) is 8.65. The smallest absolute Gasteiger partial charge is 0.242 e. The first-order valence-electron chi connectivity index (χ1n) is 11.8. The van der Waals surface area contributed by atoms with Gasteiger partial charge >= 0.3 is 0 Å². The van der Waals surface area contributed by atoms with Crippen LogP contribution in [0.2, 0.25) is 4.34 Å². The van der Waals surface area contributed by atoms with Gasteiger partial charge in [-0.1, -0.05) is 11.6 Å². The maximum Gasteiger partial charge on any atom is 0.242 e. The van der Waals surface area contributed by atoms with Crippen LogP contribution in [0.3, 0.4) is 0 Å². The van der Waals surface area contributed by atoms with E-state index in [0.717, 1.165) is 51.0 Å². The number of hydrogen-bond acceptors (Lipinski definition) is 7. The summed E-state index contributed by atoms with van der Waals surface area (Å²) in [4.78, 5) is 32.6. The van der Waals surface area contributed by atoms with Gasteiger partial charge in [0.25, 0.3) is 0 Å². The number of nitrogens with one attached hydrogen (secondary N) is 2. The molecule has 4 heterocycles. The highest BCUT2D eigenvalue weighted by atomic mass is 35.5. The molecule has 1 aromatic rings. The zero-order chi connectivity index (χ0) is 24.1. The fourth-order valence-corrected chi connectivity index (χ4v) is 6.89. The van der Waals surface area contributed by atoms with Gasteiger partial charge in [0.2, 0.25) is 21.8 Å². The van der Waals surface area contributed by atoms with Gasteiger partial charge in [0.05, 0.1) is 10.9 Å². The van der Waals surface area contributed by atoms with Crippen LogP contribution in [-0.4, -0.2) is 99.4 Å². The Morgan fingerprint density at radius 3 is 2.68 bits per heavy atom. The molecule has 9 nitrogen and oxygen atoms in total. The van der Waals surface area contributed by atoms with Crippen molar-refractivity contribution in [3.63, 3.8) is 0 Å². The number of nitrogens with zero attached hydrogens (tertiary/aromatic N) is 3. The SMILES string of the molecule is O=C1[C@@H](NS(=O)(=O)/C=C/c2ccc(Cl)s2)CCCN1CC(=O)N1CCC[C@H]1CN1CCNCC1. The van der Waals surface area contributed by atoms with Crippen LogP contribution in [0.25, 0.3) is 6.08 Å². The highest BCUT2D eigenvalue weighted by molar-refractivity contribution is 7.92. The van der Waals surface area contributed by atoms with E-state index in [-0.39, 0.29) is 24.4 Å². The summed E-state index contributed by atoms with van der Waals surface area (Å²) in [5.74, 6) is -0.391. The van der Waals surface area contributed by atoms with Crippen molar-refractivity contribution in [1.82, 2.24) is 24.7 Å². The van der Waals surface area contributed by atoms with Crippen molar-refractivity contribution in [1.29, 1.82) is 0 Å². The van der Waals surface area contributed by atoms with Crippen LogP contribution >= 0.6 is 22.9 Å². The first-order valence-corrected chi connectivity index (χ1v) is 14.5. The summed E-state index contributed by atoms with van der Waals surface area (Å²) < 4.78 is 28.1. The molecule has 2 atom stereocenters. The number of carbonyl (C=O) groups is 2. The number of amides is 2. The molecule has 3 fully saturated rings. The van der Waals surface area contributed by atoms with Gasteiger partial charge in [0.1, 0.15) is 6.04 Å². The molecular weight excluding hydrogens is 498 g/mol. The minimum Gasteiger partial charge on any atom is -0.337 e. The highest BCUT2D eigenvalue weighted by Crippen LogP contribution is 2.23. The number of carbonyl (C=O) groups excluding carboxylic acids is 2. The predicted molar refractivity (Wildman–Crippen MR) is 134 cm³/mol. The minimum atomic E-state index is -3.82. The minimum absolute atomic E-state index is 0.00134. The van der Waals surface area contributed by atoms with Gasteiger partial charge in [0.15, 0.2) is 0 Å². The van der Waals surface area contributed by atoms with Crippen molar-refractivity contribution in [2.75, 3.05) is 52.4 Å². The van der Waals surface area contributed by atoms with Gasteiger partial charge < -0.3 is 15.1 Å². The van der Waals surface area contributed by atoms with Crippen molar-refractivity contribution in [3.05, 3.63) is 26.8 Å². The van der Waals surface area contributed by atoms with E-state index >= 15 is 0 Å². The molecule has 0 aromatic carbocycles. The predicted octanol–water partition coefficient (Wildman–Crippen LogP) is 1.18. The van der Waals surface area contributed by atoms with Crippen molar-refractivity contribution < 1.29 is 18.0 Å². The summed E-state index contributed by atoms with van der Waals surface area (Å²) in [5, 5.41) is 4.40. The van der Waals surface area contributed by atoms with E-state index in [0.29, 0.717) is 35.1 Å². The van der Waals surface area contributed by atoms with Crippen molar-refractivity contribution >= 4 is 50.9 Å². The monoisotopic (exact) mass is 529 g/mol. The third kappa shape index (κ3) is 6.79. The van der Waals surface area contributed by atoms with Crippen molar-refractivity contribution in [3.8, 4) is 0 Å². The van der Waals surface area contributed by atoms with Gasteiger partial charge in [-0.2, -0.15) is 4.72 Å². The number of rotatable bonds is 8. The molecule has 0 radical (unpaired) electrons. The summed E-state index contributed by atoms with van der Waals surface area (Å²) >= 11 is 7.15. The van der Waals surface area contributed by atoms with Crippen LogP contribution < -0.4 is 10.0 Å². The molecule has 0 spiro atoms. The molecular formula is C22H32ClN5O4S2. The van der Waals surface area contributed by atoms with E-state index in [9.17, 15) is 18.0 Å². The molecule has 12 heteroatoms. The van der Waals surface area contributed by atoms with Crippen molar-refractivity contribution in [2.45, 2.75) is 37.8 Å². The van der Waals surface area contributed by atoms with E-state index in [1.165, 1.54) is 22.3 Å². The van der Waals surface area contributed by atoms with Crippen LogP contribution in [-0.2, 0) is 19.6 Å². The van der Waals surface area contributed by atoms with Gasteiger partial charge in [-0.15, -0.1) is 11.3 Å². The third-order valence-corrected chi connectivity index (χ3v) is 8.85. The second-order valence-electron chi connectivity index (χ2n) is 9.00. The Morgan fingerprint density at radius 2 is 1.94 bits per heavy atom. The van der Waals surface area contributed by atoms with E-state index < -0.39 is 16.1 Å². The molecule has 2 N–H and O–H groups in total. The van der Waals surface area contributed by atoms with Gasteiger partial charge in [-0.05, 0) is 43.9 Å². The largest absolute Gasteiger partial charge is 0.337 e. The molecule has 4 rings (SSSR count). The average Bonchev–Trinajstić information content (AvgIpc) is 3.44. The Hall–Kier alpha value is -1.50. The average molecular weight is 530 g/mol. The lowest BCUT2D eigenvalue weighted by Crippen LogP contribution is -2.55. The van der Waals surface area contributed by atoms with Crippen LogP contribution in [0.1, 0.15) is 30.6 Å². The fourth-order valence-electron chi connectivity index (χ4n) is 4.82. The Morgan fingerprint density at radius 1 is 1.18 bits per heavy atom. The quantitative estimate of drug-likeness (QED) is 0.524. The van der Waals surface area contributed by atoms with Gasteiger partial charge in [0, 0.05) is 62.1 Å². The van der Waals surface area contributed by atoms with Crippen LogP contribution in [0, 0.1) is 0 Å². The zero-order valence-electron chi connectivity index (χ0n) is 19.1. The second kappa shape index (κ2) is 11.5. The summed E-state index contributed by atoms with van der Waals surface area (Å²) in [7, 11) is -3.82. The number of likely N-dealkylation sites (tertiary alicyclic amines) is 2. The first kappa shape index (κ1) is 25.6.